The molecule has 1 aliphatic rings. The van der Waals surface area contributed by atoms with E-state index in [1.165, 1.54) is 0 Å². The fourth-order valence-electron chi connectivity index (χ4n) is 0.724. The lowest BCUT2D eigenvalue weighted by atomic mass is 10.5. The molecule has 5 heteroatoms. The van der Waals surface area contributed by atoms with Crippen LogP contribution in [-0.4, -0.2) is 29.8 Å². The Balaban J connectivity index is 2.72. The fourth-order valence-corrected chi connectivity index (χ4v) is 0.724. The van der Waals surface area contributed by atoms with Crippen LogP contribution in [0.4, 0.5) is 9.18 Å². The predicted octanol–water partition coefficient (Wildman–Crippen LogP) is 0.281. The number of nitrogens with zero attached hydrogens (tertiary/aromatic N) is 1. The van der Waals surface area contributed by atoms with E-state index in [4.69, 9.17) is 0 Å². The summed E-state index contributed by atoms with van der Waals surface area (Å²) >= 11 is 0. The van der Waals surface area contributed by atoms with Crippen LogP contribution in [0, 0.1) is 0 Å². The van der Waals surface area contributed by atoms with Crippen molar-refractivity contribution in [2.24, 2.45) is 0 Å². The second-order valence-electron chi connectivity index (χ2n) is 1.90. The summed E-state index contributed by atoms with van der Waals surface area (Å²) in [5.41, 5.74) is 0. The van der Waals surface area contributed by atoms with Crippen LogP contribution in [0.3, 0.4) is 0 Å². The molecule has 4 nitrogen and oxygen atoms in total. The average Bonchev–Trinajstić information content (AvgIpc) is 2.11. The van der Waals surface area contributed by atoms with Crippen molar-refractivity contribution >= 4 is 12.0 Å². The lowest BCUT2D eigenvalue weighted by Gasteiger charge is -2.08. The van der Waals surface area contributed by atoms with Crippen molar-refractivity contribution in [1.29, 1.82) is 0 Å². The van der Waals surface area contributed by atoms with Crippen LogP contribution in [0.2, 0.25) is 0 Å². The number of imide groups is 1. The van der Waals surface area contributed by atoms with Crippen LogP contribution in [0.1, 0.15) is 6.92 Å². The number of hydrogen-bond donors (Lipinski definition) is 0. The molecule has 0 radical (unpaired) electrons. The van der Waals surface area contributed by atoms with Gasteiger partial charge in [-0.05, 0) is 0 Å². The highest BCUT2D eigenvalue weighted by Crippen LogP contribution is 2.12. The summed E-state index contributed by atoms with van der Waals surface area (Å²) < 4.78 is 16.7. The normalized spacial score (nSPS) is 24.8. The van der Waals surface area contributed by atoms with Crippen molar-refractivity contribution in [2.75, 3.05) is 6.61 Å². The van der Waals surface area contributed by atoms with Crippen molar-refractivity contribution in [1.82, 2.24) is 4.90 Å². The number of cyclic esters (lactones) is 1. The molecule has 1 heterocycles. The molecule has 1 unspecified atom stereocenters. The van der Waals surface area contributed by atoms with Crippen molar-refractivity contribution in [3.63, 3.8) is 0 Å². The zero-order valence-corrected chi connectivity index (χ0v) is 5.33. The second-order valence-corrected chi connectivity index (χ2v) is 1.90. The van der Waals surface area contributed by atoms with Gasteiger partial charge in [-0.25, -0.2) is 14.1 Å². The van der Waals surface area contributed by atoms with Gasteiger partial charge in [-0.15, -0.1) is 0 Å². The van der Waals surface area contributed by atoms with E-state index in [0.29, 0.717) is 4.90 Å². The van der Waals surface area contributed by atoms with Crippen molar-refractivity contribution in [3.05, 3.63) is 0 Å². The third kappa shape index (κ3) is 0.940. The molecule has 56 valence electrons. The third-order valence-corrected chi connectivity index (χ3v) is 1.16. The van der Waals surface area contributed by atoms with Crippen LogP contribution < -0.4 is 0 Å². The average molecular weight is 147 g/mol. The Labute approximate surface area is 56.6 Å². The Morgan fingerprint density at radius 3 is 2.70 bits per heavy atom. The summed E-state index contributed by atoms with van der Waals surface area (Å²) in [5.74, 6) is -0.630. The Morgan fingerprint density at radius 1 is 1.90 bits per heavy atom. The third-order valence-electron chi connectivity index (χ3n) is 1.16. The molecular formula is C5H6FNO3. The maximum absolute atomic E-state index is 12.4. The van der Waals surface area contributed by atoms with Crippen molar-refractivity contribution in [3.8, 4) is 0 Å². The topological polar surface area (TPSA) is 46.6 Å². The van der Waals surface area contributed by atoms with Gasteiger partial charge >= 0.3 is 6.09 Å². The van der Waals surface area contributed by atoms with E-state index >= 15 is 0 Å². The van der Waals surface area contributed by atoms with Crippen LogP contribution in [0.25, 0.3) is 0 Å². The summed E-state index contributed by atoms with van der Waals surface area (Å²) in [7, 11) is 0. The van der Waals surface area contributed by atoms with Crippen LogP contribution in [0.15, 0.2) is 0 Å². The Hall–Kier alpha value is -1.13. The SMILES string of the molecule is CC(=O)N1C(=O)OCC1F. The molecule has 1 atom stereocenters. The summed E-state index contributed by atoms with van der Waals surface area (Å²) in [5, 5.41) is 0. The van der Waals surface area contributed by atoms with Crippen molar-refractivity contribution < 1.29 is 18.7 Å². The van der Waals surface area contributed by atoms with Gasteiger partial charge in [0, 0.05) is 6.92 Å². The highest BCUT2D eigenvalue weighted by atomic mass is 19.1. The van der Waals surface area contributed by atoms with Gasteiger partial charge in [0.25, 0.3) is 0 Å². The molecule has 0 aromatic heterocycles. The molecule has 1 aliphatic heterocycles. The van der Waals surface area contributed by atoms with E-state index in [0.717, 1.165) is 6.92 Å². The number of alkyl halides is 1. The molecule has 0 aliphatic carbocycles. The lowest BCUT2D eigenvalue weighted by Crippen LogP contribution is -2.34. The van der Waals surface area contributed by atoms with Gasteiger partial charge < -0.3 is 4.74 Å². The lowest BCUT2D eigenvalue weighted by molar-refractivity contribution is -0.128. The van der Waals surface area contributed by atoms with Crippen LogP contribution in [-0.2, 0) is 9.53 Å². The minimum Gasteiger partial charge on any atom is -0.444 e. The zero-order valence-electron chi connectivity index (χ0n) is 5.33. The summed E-state index contributed by atoms with van der Waals surface area (Å²) in [6.07, 6.45) is -2.51. The molecule has 1 saturated heterocycles. The van der Waals surface area contributed by atoms with Crippen molar-refractivity contribution in [2.45, 2.75) is 13.2 Å². The van der Waals surface area contributed by atoms with Gasteiger partial charge in [0.05, 0.1) is 0 Å². The van der Waals surface area contributed by atoms with Gasteiger partial charge in [-0.3, -0.25) is 4.79 Å². The first kappa shape index (κ1) is 6.98. The summed E-state index contributed by atoms with van der Waals surface area (Å²) in [6.45, 7) is 0.761. The number of carbonyl (C=O) groups is 2. The molecule has 0 N–H and O–H groups in total. The summed E-state index contributed by atoms with van der Waals surface area (Å²) in [4.78, 5) is 21.4. The molecule has 0 bridgehead atoms. The highest BCUT2D eigenvalue weighted by molar-refractivity contribution is 5.91. The molecule has 1 rings (SSSR count). The molecule has 2 amide bonds. The molecule has 1 fully saturated rings. The van der Waals surface area contributed by atoms with E-state index < -0.39 is 18.3 Å². The van der Waals surface area contributed by atoms with Gasteiger partial charge in [-0.2, -0.15) is 0 Å². The van der Waals surface area contributed by atoms with Gasteiger partial charge in [0.2, 0.25) is 12.2 Å². The van der Waals surface area contributed by atoms with Gasteiger partial charge in [0.15, 0.2) is 0 Å². The minimum absolute atomic E-state index is 0.349. The number of carbonyl (C=O) groups excluding carboxylic acids is 2. The maximum Gasteiger partial charge on any atom is 0.419 e. The smallest absolute Gasteiger partial charge is 0.419 e. The number of amides is 2. The number of halogens is 1. The number of rotatable bonds is 0. The fraction of sp³-hybridized carbons (Fsp3) is 0.600. The summed E-state index contributed by atoms with van der Waals surface area (Å²) in [6, 6.07) is 0. The molecule has 0 aromatic rings. The van der Waals surface area contributed by atoms with Gasteiger partial charge in [-0.1, -0.05) is 0 Å². The van der Waals surface area contributed by atoms with E-state index in [-0.39, 0.29) is 6.61 Å². The minimum atomic E-state index is -1.61. The Kier molecular flexibility index (Phi) is 1.57. The zero-order chi connectivity index (χ0) is 7.72. The number of hydrogen-bond acceptors (Lipinski definition) is 3. The standard InChI is InChI=1S/C5H6FNO3/c1-3(8)7-4(6)2-10-5(7)9/h4H,2H2,1H3. The molecular weight excluding hydrogens is 141 g/mol. The first-order chi connectivity index (χ1) is 4.63. The maximum atomic E-state index is 12.4. The molecule has 0 spiro atoms. The Bertz CT molecular complexity index is 182. The molecule has 0 aromatic carbocycles. The first-order valence-electron chi connectivity index (χ1n) is 2.73. The van der Waals surface area contributed by atoms with E-state index in [1.807, 2.05) is 0 Å². The van der Waals surface area contributed by atoms with E-state index in [1.54, 1.807) is 0 Å². The molecule has 10 heavy (non-hydrogen) atoms. The Morgan fingerprint density at radius 2 is 2.50 bits per heavy atom. The van der Waals surface area contributed by atoms with Crippen LogP contribution >= 0.6 is 0 Å². The molecule has 0 saturated carbocycles. The van der Waals surface area contributed by atoms with E-state index in [9.17, 15) is 14.0 Å². The number of ether oxygens (including phenoxy) is 1. The quantitative estimate of drug-likeness (QED) is 0.462. The predicted molar refractivity (Wildman–Crippen MR) is 28.8 cm³/mol. The highest BCUT2D eigenvalue weighted by Gasteiger charge is 2.35. The van der Waals surface area contributed by atoms with E-state index in [2.05, 4.69) is 4.74 Å². The van der Waals surface area contributed by atoms with Gasteiger partial charge in [0.1, 0.15) is 6.61 Å². The second kappa shape index (κ2) is 2.24. The van der Waals surface area contributed by atoms with Crippen LogP contribution in [0.5, 0.6) is 0 Å². The monoisotopic (exact) mass is 147 g/mol. The first-order valence-corrected chi connectivity index (χ1v) is 2.73. The largest absolute Gasteiger partial charge is 0.444 e.